The summed E-state index contributed by atoms with van der Waals surface area (Å²) >= 11 is 5.54. The first kappa shape index (κ1) is 28.4. The number of likely N-dealkylation sites (tertiary alicyclic amines) is 1. The molecule has 6 nitrogen and oxygen atoms in total. The summed E-state index contributed by atoms with van der Waals surface area (Å²) in [7, 11) is 0. The Bertz CT molecular complexity index is 1030. The van der Waals surface area contributed by atoms with Crippen molar-refractivity contribution in [3.63, 3.8) is 0 Å². The fourth-order valence-corrected chi connectivity index (χ4v) is 5.78. The summed E-state index contributed by atoms with van der Waals surface area (Å²) in [6.45, 7) is 9.64. The number of benzene rings is 1. The summed E-state index contributed by atoms with van der Waals surface area (Å²) in [5.41, 5.74) is -3.26. The number of thiocarbonyl (C=S) groups is 1. The molecule has 0 aliphatic carbocycles. The summed E-state index contributed by atoms with van der Waals surface area (Å²) in [6.07, 6.45) is 1.13. The Balaban J connectivity index is 1.59. The molecule has 2 aliphatic heterocycles. The van der Waals surface area contributed by atoms with Crippen molar-refractivity contribution < 1.29 is 23.1 Å². The Hall–Kier alpha value is -2.22. The van der Waals surface area contributed by atoms with Crippen molar-refractivity contribution in [3.05, 3.63) is 29.3 Å². The molecule has 0 bridgehead atoms. The topological polar surface area (TPSA) is 70.8 Å². The van der Waals surface area contributed by atoms with E-state index in [0.717, 1.165) is 68.6 Å². The van der Waals surface area contributed by atoms with Gasteiger partial charge >= 0.3 is 6.18 Å². The first-order valence-corrected chi connectivity index (χ1v) is 12.8. The molecule has 0 saturated carbocycles. The van der Waals surface area contributed by atoms with Crippen molar-refractivity contribution in [2.75, 3.05) is 24.5 Å². The molecule has 1 amide bonds. The molecule has 2 saturated heterocycles. The van der Waals surface area contributed by atoms with Gasteiger partial charge in [0.2, 0.25) is 0 Å². The minimum absolute atomic E-state index is 0.0128. The molecule has 1 aromatic rings. The zero-order valence-corrected chi connectivity index (χ0v) is 22.2. The van der Waals surface area contributed by atoms with Crippen LogP contribution in [0.15, 0.2) is 18.2 Å². The molecule has 10 heteroatoms. The minimum atomic E-state index is -4.72. The second kappa shape index (κ2) is 10.6. The Morgan fingerprint density at radius 1 is 1.17 bits per heavy atom. The molecule has 2 aliphatic rings. The van der Waals surface area contributed by atoms with Crippen LogP contribution in [0.2, 0.25) is 0 Å². The second-order valence-electron chi connectivity index (χ2n) is 10.7. The molecule has 1 N–H and O–H groups in total. The van der Waals surface area contributed by atoms with Crippen LogP contribution >= 0.6 is 12.2 Å². The van der Waals surface area contributed by atoms with E-state index in [2.05, 4.69) is 4.90 Å². The van der Waals surface area contributed by atoms with E-state index in [1.54, 1.807) is 24.8 Å². The van der Waals surface area contributed by atoms with Gasteiger partial charge in [-0.05, 0) is 96.9 Å². The molecule has 0 spiro atoms. The van der Waals surface area contributed by atoms with Crippen LogP contribution in [0.1, 0.15) is 77.3 Å². The lowest BCUT2D eigenvalue weighted by Crippen LogP contribution is -2.45. The molecule has 0 radical (unpaired) electrons. The summed E-state index contributed by atoms with van der Waals surface area (Å²) in [5.74, 6) is -0.392. The van der Waals surface area contributed by atoms with Crippen LogP contribution in [0.5, 0.6) is 0 Å². The van der Waals surface area contributed by atoms with Gasteiger partial charge in [-0.2, -0.15) is 18.4 Å². The Labute approximate surface area is 216 Å². The standard InChI is InChI=1S/C26H35F3N4O2S/c1-24(2)22(34)33(19-12-11-18(17-30)20(16-19)26(27,28)29)23(36)32(24)15-8-6-5-7-13-31-14-9-10-21(31)25(3,4)35/h11-12,16,21,35H,5-10,13-15H2,1-4H3/t21-/m0/s1. The molecule has 1 atom stereocenters. The summed E-state index contributed by atoms with van der Waals surface area (Å²) in [4.78, 5) is 18.5. The summed E-state index contributed by atoms with van der Waals surface area (Å²) in [5, 5.41) is 19.6. The zero-order chi connectivity index (χ0) is 26.9. The molecular formula is C26H35F3N4O2S. The molecular weight excluding hydrogens is 489 g/mol. The average molecular weight is 525 g/mol. The second-order valence-corrected chi connectivity index (χ2v) is 11.1. The lowest BCUT2D eigenvalue weighted by atomic mass is 9.96. The van der Waals surface area contributed by atoms with E-state index in [1.807, 2.05) is 13.8 Å². The lowest BCUT2D eigenvalue weighted by Gasteiger charge is -2.33. The number of rotatable bonds is 9. The van der Waals surface area contributed by atoms with E-state index in [0.29, 0.717) is 6.54 Å². The van der Waals surface area contributed by atoms with Crippen LogP contribution in [0, 0.1) is 11.3 Å². The van der Waals surface area contributed by atoms with E-state index in [1.165, 1.54) is 6.07 Å². The maximum atomic E-state index is 13.5. The molecule has 2 heterocycles. The number of nitriles is 1. The van der Waals surface area contributed by atoms with Gasteiger partial charge in [-0.15, -0.1) is 0 Å². The molecule has 0 unspecified atom stereocenters. The molecule has 0 aromatic heterocycles. The van der Waals surface area contributed by atoms with Crippen molar-refractivity contribution in [2.24, 2.45) is 0 Å². The third-order valence-corrected chi connectivity index (χ3v) is 7.67. The van der Waals surface area contributed by atoms with Crippen LogP contribution in [0.25, 0.3) is 0 Å². The third-order valence-electron chi connectivity index (χ3n) is 7.27. The monoisotopic (exact) mass is 524 g/mol. The van der Waals surface area contributed by atoms with E-state index in [9.17, 15) is 23.1 Å². The van der Waals surface area contributed by atoms with E-state index < -0.39 is 34.4 Å². The van der Waals surface area contributed by atoms with E-state index >= 15 is 0 Å². The van der Waals surface area contributed by atoms with Crippen molar-refractivity contribution in [3.8, 4) is 6.07 Å². The fraction of sp³-hybridized carbons (Fsp3) is 0.654. The average Bonchev–Trinajstić information content (AvgIpc) is 3.32. The van der Waals surface area contributed by atoms with Crippen LogP contribution in [0.3, 0.4) is 0 Å². The SMILES string of the molecule is CC(C)(O)[C@@H]1CCCN1CCCCCCN1C(=S)N(c2ccc(C#N)c(C(F)(F)F)c2)C(=O)C1(C)C. The molecule has 3 rings (SSSR count). The van der Waals surface area contributed by atoms with Gasteiger partial charge in [0.1, 0.15) is 5.54 Å². The first-order valence-electron chi connectivity index (χ1n) is 12.4. The van der Waals surface area contributed by atoms with Crippen molar-refractivity contribution in [1.29, 1.82) is 5.26 Å². The minimum Gasteiger partial charge on any atom is -0.389 e. The predicted molar refractivity (Wildman–Crippen MR) is 136 cm³/mol. The number of carbonyl (C=O) groups is 1. The van der Waals surface area contributed by atoms with Gasteiger partial charge in [0.25, 0.3) is 5.91 Å². The van der Waals surface area contributed by atoms with Crippen LogP contribution in [-0.4, -0.2) is 62.7 Å². The van der Waals surface area contributed by atoms with Gasteiger partial charge in [0.05, 0.1) is 28.5 Å². The highest BCUT2D eigenvalue weighted by molar-refractivity contribution is 7.80. The fourth-order valence-electron chi connectivity index (χ4n) is 5.27. The number of aliphatic hydroxyl groups is 1. The van der Waals surface area contributed by atoms with Gasteiger partial charge in [-0.1, -0.05) is 12.8 Å². The number of anilines is 1. The number of hydrogen-bond donors (Lipinski definition) is 1. The highest BCUT2D eigenvalue weighted by Gasteiger charge is 2.49. The number of halogens is 3. The van der Waals surface area contributed by atoms with Gasteiger partial charge in [0.15, 0.2) is 5.11 Å². The third kappa shape index (κ3) is 5.84. The molecule has 198 valence electrons. The number of nitrogens with zero attached hydrogens (tertiary/aromatic N) is 4. The molecule has 36 heavy (non-hydrogen) atoms. The smallest absolute Gasteiger partial charge is 0.389 e. The van der Waals surface area contributed by atoms with E-state index in [-0.39, 0.29) is 16.8 Å². The zero-order valence-electron chi connectivity index (χ0n) is 21.4. The van der Waals surface area contributed by atoms with Crippen LogP contribution in [-0.2, 0) is 11.0 Å². The van der Waals surface area contributed by atoms with E-state index in [4.69, 9.17) is 17.5 Å². The number of hydrogen-bond acceptors (Lipinski definition) is 5. The Kier molecular flexibility index (Phi) is 8.38. The number of amides is 1. The van der Waals surface area contributed by atoms with Crippen molar-refractivity contribution >= 4 is 28.9 Å². The first-order chi connectivity index (χ1) is 16.7. The van der Waals surface area contributed by atoms with Crippen LogP contribution in [0.4, 0.5) is 18.9 Å². The Morgan fingerprint density at radius 3 is 2.39 bits per heavy atom. The Morgan fingerprint density at radius 2 is 1.81 bits per heavy atom. The predicted octanol–water partition coefficient (Wildman–Crippen LogP) is 5.08. The highest BCUT2D eigenvalue weighted by Crippen LogP contribution is 2.38. The summed E-state index contributed by atoms with van der Waals surface area (Å²) in [6, 6.07) is 4.98. The van der Waals surface area contributed by atoms with Crippen molar-refractivity contribution in [2.45, 2.75) is 89.6 Å². The van der Waals surface area contributed by atoms with Crippen LogP contribution < -0.4 is 4.90 Å². The summed E-state index contributed by atoms with van der Waals surface area (Å²) < 4.78 is 40.4. The van der Waals surface area contributed by atoms with Crippen molar-refractivity contribution in [1.82, 2.24) is 9.80 Å². The maximum absolute atomic E-state index is 13.5. The highest BCUT2D eigenvalue weighted by atomic mass is 32.1. The maximum Gasteiger partial charge on any atom is 0.417 e. The lowest BCUT2D eigenvalue weighted by molar-refractivity contribution is -0.137. The number of alkyl halides is 3. The number of carbonyl (C=O) groups excluding carboxylic acids is 1. The molecule has 2 fully saturated rings. The quantitative estimate of drug-likeness (QED) is 0.359. The normalized spacial score (nSPS) is 20.9. The van der Waals surface area contributed by atoms with Gasteiger partial charge in [-0.25, -0.2) is 0 Å². The largest absolute Gasteiger partial charge is 0.417 e. The van der Waals surface area contributed by atoms with Gasteiger partial charge in [-0.3, -0.25) is 14.6 Å². The number of unbranched alkanes of at least 4 members (excludes halogenated alkanes) is 3. The van der Waals surface area contributed by atoms with Gasteiger partial charge < -0.3 is 10.0 Å². The van der Waals surface area contributed by atoms with Gasteiger partial charge in [0, 0.05) is 12.6 Å². The molecule has 1 aromatic carbocycles.